The molecule has 4 rings (SSSR count). The van der Waals surface area contributed by atoms with Gasteiger partial charge in [-0.1, -0.05) is 13.8 Å². The summed E-state index contributed by atoms with van der Waals surface area (Å²) in [5.74, 6) is 2.03. The minimum absolute atomic E-state index is 0.113. The molecule has 1 amide bonds. The second-order valence-corrected chi connectivity index (χ2v) is 8.49. The molecule has 1 unspecified atom stereocenters. The van der Waals surface area contributed by atoms with E-state index in [2.05, 4.69) is 26.4 Å². The first kappa shape index (κ1) is 21.6. The quantitative estimate of drug-likeness (QED) is 0.615. The molecule has 166 valence electrons. The van der Waals surface area contributed by atoms with Crippen LogP contribution >= 0.6 is 0 Å². The van der Waals surface area contributed by atoms with E-state index in [9.17, 15) is 10.1 Å². The van der Waals surface area contributed by atoms with Crippen molar-refractivity contribution in [3.63, 3.8) is 0 Å². The molecule has 1 aliphatic rings. The number of hydrogen-bond acceptors (Lipinski definition) is 6. The molecule has 1 fully saturated rings. The van der Waals surface area contributed by atoms with Gasteiger partial charge >= 0.3 is 0 Å². The van der Waals surface area contributed by atoms with E-state index in [0.717, 1.165) is 42.0 Å². The Balaban J connectivity index is 1.55. The fourth-order valence-electron chi connectivity index (χ4n) is 4.12. The molecule has 32 heavy (non-hydrogen) atoms. The zero-order valence-electron chi connectivity index (χ0n) is 18.7. The van der Waals surface area contributed by atoms with Gasteiger partial charge in [0.1, 0.15) is 17.6 Å². The van der Waals surface area contributed by atoms with Gasteiger partial charge in [0, 0.05) is 42.9 Å². The summed E-state index contributed by atoms with van der Waals surface area (Å²) in [5.41, 5.74) is 2.98. The molecule has 4 heterocycles. The zero-order chi connectivity index (χ0) is 22.7. The van der Waals surface area contributed by atoms with Crippen molar-refractivity contribution in [2.45, 2.75) is 39.7 Å². The van der Waals surface area contributed by atoms with Crippen LogP contribution < -0.4 is 15.0 Å². The minimum atomic E-state index is 0.113. The Bertz CT molecular complexity index is 1150. The van der Waals surface area contributed by atoms with Gasteiger partial charge < -0.3 is 15.0 Å². The minimum Gasteiger partial charge on any atom is -0.492 e. The Morgan fingerprint density at radius 3 is 2.91 bits per heavy atom. The number of pyridine rings is 2. The molecule has 0 radical (unpaired) electrons. The number of ether oxygens (including phenoxy) is 1. The Hall–Kier alpha value is -3.60. The molecule has 0 aromatic carbocycles. The van der Waals surface area contributed by atoms with Crippen LogP contribution in [0.4, 0.5) is 5.82 Å². The van der Waals surface area contributed by atoms with Gasteiger partial charge in [-0.15, -0.1) is 0 Å². The van der Waals surface area contributed by atoms with Crippen LogP contribution in [0.2, 0.25) is 0 Å². The summed E-state index contributed by atoms with van der Waals surface area (Å²) in [6.45, 7) is 8.17. The van der Waals surface area contributed by atoms with E-state index < -0.39 is 0 Å². The number of fused-ring (bicyclic) bond motifs is 1. The van der Waals surface area contributed by atoms with E-state index in [-0.39, 0.29) is 11.9 Å². The zero-order valence-corrected chi connectivity index (χ0v) is 18.7. The summed E-state index contributed by atoms with van der Waals surface area (Å²) in [4.78, 5) is 19.0. The van der Waals surface area contributed by atoms with Crippen LogP contribution in [-0.2, 0) is 4.79 Å². The fourth-order valence-corrected chi connectivity index (χ4v) is 4.12. The SMILES string of the molecule is CCOc1cc(-c2ccc(N3CCC(NC(=O)CC(C)C)C3)nc2)c2c(C#N)cnn2c1. The Morgan fingerprint density at radius 2 is 2.22 bits per heavy atom. The molecule has 8 heteroatoms. The van der Waals surface area contributed by atoms with Gasteiger partial charge in [-0.05, 0) is 37.5 Å². The van der Waals surface area contributed by atoms with Crippen molar-refractivity contribution in [3.05, 3.63) is 42.4 Å². The third-order valence-corrected chi connectivity index (χ3v) is 5.55. The monoisotopic (exact) mass is 432 g/mol. The van der Waals surface area contributed by atoms with Crippen molar-refractivity contribution in [3.8, 4) is 22.9 Å². The molecular weight excluding hydrogens is 404 g/mol. The number of aromatic nitrogens is 3. The van der Waals surface area contributed by atoms with Gasteiger partial charge in [0.15, 0.2) is 0 Å². The average molecular weight is 433 g/mol. The van der Waals surface area contributed by atoms with Crippen LogP contribution in [0.15, 0.2) is 36.8 Å². The van der Waals surface area contributed by atoms with Crippen LogP contribution in [0.1, 0.15) is 39.2 Å². The predicted octanol–water partition coefficient (Wildman–Crippen LogP) is 3.41. The van der Waals surface area contributed by atoms with E-state index in [4.69, 9.17) is 4.74 Å². The first-order valence-electron chi connectivity index (χ1n) is 11.0. The highest BCUT2D eigenvalue weighted by molar-refractivity contribution is 5.85. The normalized spacial score (nSPS) is 15.8. The van der Waals surface area contributed by atoms with Crippen molar-refractivity contribution in [2.75, 3.05) is 24.6 Å². The maximum absolute atomic E-state index is 12.1. The lowest BCUT2D eigenvalue weighted by Gasteiger charge is -2.19. The number of rotatable bonds is 7. The summed E-state index contributed by atoms with van der Waals surface area (Å²) in [7, 11) is 0. The number of carbonyl (C=O) groups excluding carboxylic acids is 1. The maximum atomic E-state index is 12.1. The van der Waals surface area contributed by atoms with E-state index in [1.54, 1.807) is 16.9 Å². The van der Waals surface area contributed by atoms with Crippen molar-refractivity contribution < 1.29 is 9.53 Å². The summed E-state index contributed by atoms with van der Waals surface area (Å²) in [6.07, 6.45) is 6.63. The second kappa shape index (κ2) is 9.27. The molecule has 0 spiro atoms. The molecule has 0 saturated carbocycles. The molecule has 0 bridgehead atoms. The largest absolute Gasteiger partial charge is 0.492 e. The van der Waals surface area contributed by atoms with E-state index in [1.807, 2.05) is 45.2 Å². The van der Waals surface area contributed by atoms with Gasteiger partial charge in [-0.3, -0.25) is 4.79 Å². The summed E-state index contributed by atoms with van der Waals surface area (Å²) < 4.78 is 7.36. The van der Waals surface area contributed by atoms with Crippen molar-refractivity contribution >= 4 is 17.2 Å². The number of nitrogens with zero attached hydrogens (tertiary/aromatic N) is 5. The summed E-state index contributed by atoms with van der Waals surface area (Å²) >= 11 is 0. The number of anilines is 1. The number of amides is 1. The summed E-state index contributed by atoms with van der Waals surface area (Å²) in [6, 6.07) is 8.28. The Labute approximate surface area is 187 Å². The topological polar surface area (TPSA) is 95.5 Å². The molecule has 1 N–H and O–H groups in total. The van der Waals surface area contributed by atoms with Gasteiger partial charge in [-0.25, -0.2) is 9.50 Å². The molecule has 3 aromatic rings. The lowest BCUT2D eigenvalue weighted by atomic mass is 10.1. The van der Waals surface area contributed by atoms with Crippen LogP contribution in [0.3, 0.4) is 0 Å². The number of nitriles is 1. The van der Waals surface area contributed by atoms with Gasteiger partial charge in [0.2, 0.25) is 5.91 Å². The number of carbonyl (C=O) groups is 1. The van der Waals surface area contributed by atoms with Gasteiger partial charge in [0.05, 0.1) is 30.1 Å². The summed E-state index contributed by atoms with van der Waals surface area (Å²) in [5, 5.41) is 16.9. The van der Waals surface area contributed by atoms with E-state index in [1.165, 1.54) is 0 Å². The predicted molar refractivity (Wildman–Crippen MR) is 123 cm³/mol. The van der Waals surface area contributed by atoms with Crippen LogP contribution in [0, 0.1) is 17.2 Å². The first-order valence-corrected chi connectivity index (χ1v) is 11.0. The third-order valence-electron chi connectivity index (χ3n) is 5.55. The first-order chi connectivity index (χ1) is 15.5. The number of hydrogen-bond donors (Lipinski definition) is 1. The van der Waals surface area contributed by atoms with Crippen LogP contribution in [0.5, 0.6) is 5.75 Å². The highest BCUT2D eigenvalue weighted by atomic mass is 16.5. The maximum Gasteiger partial charge on any atom is 0.220 e. The molecule has 0 aliphatic carbocycles. The molecule has 3 aromatic heterocycles. The van der Waals surface area contributed by atoms with Crippen molar-refractivity contribution in [1.82, 2.24) is 19.9 Å². The molecule has 1 saturated heterocycles. The Kier molecular flexibility index (Phi) is 6.26. The van der Waals surface area contributed by atoms with E-state index >= 15 is 0 Å². The van der Waals surface area contributed by atoms with Crippen molar-refractivity contribution in [1.29, 1.82) is 5.26 Å². The lowest BCUT2D eigenvalue weighted by Crippen LogP contribution is -2.37. The van der Waals surface area contributed by atoms with Crippen LogP contribution in [0.25, 0.3) is 16.6 Å². The highest BCUT2D eigenvalue weighted by Gasteiger charge is 2.25. The standard InChI is InChI=1S/C24H28N6O2/c1-4-32-20-10-21(24-18(11-25)13-27-30(24)15-20)17-5-6-22(26-12-17)29-8-7-19(14-29)28-23(31)9-16(2)3/h5-6,10,12-13,15-16,19H,4,7-9,14H2,1-3H3,(H,28,31). The van der Waals surface area contributed by atoms with E-state index in [0.29, 0.717) is 30.3 Å². The third kappa shape index (κ3) is 4.52. The lowest BCUT2D eigenvalue weighted by molar-refractivity contribution is -0.122. The van der Waals surface area contributed by atoms with Crippen LogP contribution in [-0.4, -0.2) is 46.2 Å². The average Bonchev–Trinajstić information content (AvgIpc) is 3.40. The van der Waals surface area contributed by atoms with Gasteiger partial charge in [0.25, 0.3) is 0 Å². The molecule has 8 nitrogen and oxygen atoms in total. The molecule has 1 atom stereocenters. The second-order valence-electron chi connectivity index (χ2n) is 8.49. The van der Waals surface area contributed by atoms with Gasteiger partial charge in [-0.2, -0.15) is 10.4 Å². The highest BCUT2D eigenvalue weighted by Crippen LogP contribution is 2.31. The smallest absolute Gasteiger partial charge is 0.220 e. The molecule has 1 aliphatic heterocycles. The number of nitrogens with one attached hydrogen (secondary N) is 1. The Morgan fingerprint density at radius 1 is 1.38 bits per heavy atom. The fraction of sp³-hybridized carbons (Fsp3) is 0.417. The molecular formula is C24H28N6O2. The van der Waals surface area contributed by atoms with Crippen molar-refractivity contribution in [2.24, 2.45) is 5.92 Å².